The first-order valence-electron chi connectivity index (χ1n) is 6.23. The van der Waals surface area contributed by atoms with Crippen LogP contribution in [0.15, 0.2) is 23.0 Å². The van der Waals surface area contributed by atoms with Crippen molar-refractivity contribution in [2.24, 2.45) is 0 Å². The van der Waals surface area contributed by atoms with Crippen LogP contribution in [0.2, 0.25) is 5.02 Å². The molecule has 2 N–H and O–H groups in total. The number of aromatic nitrogens is 3. The van der Waals surface area contributed by atoms with Crippen LogP contribution in [0.25, 0.3) is 11.0 Å². The van der Waals surface area contributed by atoms with Crippen LogP contribution in [0.1, 0.15) is 11.1 Å². The minimum Gasteiger partial charge on any atom is -0.492 e. The third-order valence-corrected chi connectivity index (χ3v) is 3.67. The molecule has 0 amide bonds. The molecule has 0 spiro atoms. The summed E-state index contributed by atoms with van der Waals surface area (Å²) in [6, 6.07) is 1.95. The van der Waals surface area contributed by atoms with Crippen LogP contribution < -0.4 is 10.5 Å². The maximum Gasteiger partial charge on any atom is 0.178 e. The van der Waals surface area contributed by atoms with Crippen molar-refractivity contribution < 1.29 is 9.26 Å². The number of nitrogen functional groups attached to an aromatic ring is 1. The molecule has 0 radical (unpaired) electrons. The molecule has 6 nitrogen and oxygen atoms in total. The predicted octanol–water partition coefficient (Wildman–Crippen LogP) is 2.24. The summed E-state index contributed by atoms with van der Waals surface area (Å²) in [5.74, 6) is 1.15. The lowest BCUT2D eigenvalue weighted by Crippen LogP contribution is -2.02. The first-order valence-corrected chi connectivity index (χ1v) is 6.60. The van der Waals surface area contributed by atoms with Crippen LogP contribution in [-0.2, 0) is 13.0 Å². The van der Waals surface area contributed by atoms with Crippen LogP contribution in [0.4, 0.5) is 5.82 Å². The van der Waals surface area contributed by atoms with Crippen molar-refractivity contribution in [2.45, 2.75) is 13.0 Å². The summed E-state index contributed by atoms with van der Waals surface area (Å²) >= 11 is 5.89. The van der Waals surface area contributed by atoms with Crippen LogP contribution in [0.3, 0.4) is 0 Å². The van der Waals surface area contributed by atoms with Crippen molar-refractivity contribution >= 4 is 28.4 Å². The summed E-state index contributed by atoms with van der Waals surface area (Å²) in [6.07, 6.45) is 4.24. The van der Waals surface area contributed by atoms with Crippen molar-refractivity contribution in [1.29, 1.82) is 0 Å². The zero-order valence-electron chi connectivity index (χ0n) is 10.5. The van der Waals surface area contributed by atoms with E-state index in [-0.39, 0.29) is 0 Å². The third-order valence-electron chi connectivity index (χ3n) is 3.47. The number of nitrogens with two attached hydrogens (primary N) is 1. The van der Waals surface area contributed by atoms with Gasteiger partial charge in [0.15, 0.2) is 11.4 Å². The van der Waals surface area contributed by atoms with E-state index in [9.17, 15) is 0 Å². The molecule has 1 aliphatic rings. The van der Waals surface area contributed by atoms with E-state index in [2.05, 4.69) is 10.3 Å². The molecule has 0 fully saturated rings. The molecule has 0 unspecified atom stereocenters. The summed E-state index contributed by atoms with van der Waals surface area (Å²) in [4.78, 5) is 0. The largest absolute Gasteiger partial charge is 0.492 e. The fraction of sp³-hybridized carbons (Fsp3) is 0.231. The Morgan fingerprint density at radius 2 is 2.35 bits per heavy atom. The Kier molecular flexibility index (Phi) is 2.40. The first kappa shape index (κ1) is 11.6. The number of hydrogen-bond acceptors (Lipinski definition) is 5. The Morgan fingerprint density at radius 1 is 1.45 bits per heavy atom. The van der Waals surface area contributed by atoms with Crippen molar-refractivity contribution in [3.63, 3.8) is 0 Å². The van der Waals surface area contributed by atoms with Gasteiger partial charge in [0.25, 0.3) is 0 Å². The topological polar surface area (TPSA) is 79.1 Å². The van der Waals surface area contributed by atoms with Gasteiger partial charge in [-0.3, -0.25) is 4.68 Å². The molecule has 20 heavy (non-hydrogen) atoms. The second kappa shape index (κ2) is 4.14. The quantitative estimate of drug-likeness (QED) is 0.783. The predicted molar refractivity (Wildman–Crippen MR) is 74.0 cm³/mol. The maximum atomic E-state index is 5.89. The first-order chi connectivity index (χ1) is 9.72. The smallest absolute Gasteiger partial charge is 0.178 e. The summed E-state index contributed by atoms with van der Waals surface area (Å²) in [7, 11) is 0. The molecule has 0 atom stereocenters. The van der Waals surface area contributed by atoms with Gasteiger partial charge in [0, 0.05) is 18.2 Å². The van der Waals surface area contributed by atoms with Crippen molar-refractivity contribution in [2.75, 3.05) is 12.3 Å². The lowest BCUT2D eigenvalue weighted by molar-refractivity contribution is 0.360. The molecular formula is C13H11ClN4O2. The van der Waals surface area contributed by atoms with Crippen LogP contribution in [0, 0.1) is 0 Å². The van der Waals surface area contributed by atoms with Gasteiger partial charge < -0.3 is 15.0 Å². The van der Waals surface area contributed by atoms with E-state index in [1.807, 2.05) is 6.07 Å². The molecular weight excluding hydrogens is 280 g/mol. The molecule has 0 bridgehead atoms. The highest BCUT2D eigenvalue weighted by Crippen LogP contribution is 2.39. The Bertz CT molecular complexity index is 808. The zero-order chi connectivity index (χ0) is 13.7. The molecule has 0 saturated heterocycles. The highest BCUT2D eigenvalue weighted by atomic mass is 35.5. The van der Waals surface area contributed by atoms with E-state index in [4.69, 9.17) is 26.6 Å². The number of rotatable bonds is 2. The average molecular weight is 291 g/mol. The van der Waals surface area contributed by atoms with Gasteiger partial charge in [0.1, 0.15) is 11.1 Å². The maximum absolute atomic E-state index is 5.89. The average Bonchev–Trinajstić information content (AvgIpc) is 3.10. The Morgan fingerprint density at radius 3 is 3.15 bits per heavy atom. The van der Waals surface area contributed by atoms with Gasteiger partial charge in [-0.05, 0) is 11.6 Å². The molecule has 7 heteroatoms. The van der Waals surface area contributed by atoms with E-state index in [1.165, 1.54) is 0 Å². The Labute approximate surface area is 119 Å². The fourth-order valence-electron chi connectivity index (χ4n) is 2.61. The van der Waals surface area contributed by atoms with Crippen molar-refractivity contribution in [1.82, 2.24) is 14.9 Å². The second-order valence-corrected chi connectivity index (χ2v) is 5.18. The van der Waals surface area contributed by atoms with Gasteiger partial charge >= 0.3 is 0 Å². The highest BCUT2D eigenvalue weighted by Gasteiger charge is 2.24. The summed E-state index contributed by atoms with van der Waals surface area (Å²) in [5, 5.41) is 9.38. The van der Waals surface area contributed by atoms with Crippen LogP contribution in [-0.4, -0.2) is 21.5 Å². The Balaban J connectivity index is 1.87. The van der Waals surface area contributed by atoms with Gasteiger partial charge in [0.2, 0.25) is 0 Å². The standard InChI is InChI=1S/C13H11ClN4O2/c14-8-4-16-18(6-8)5-7-3-10-11(13(15)17-20-10)12-9(7)1-2-19-12/h3-4,6H,1-2,5H2,(H2,15,17). The van der Waals surface area contributed by atoms with Crippen molar-refractivity contribution in [3.8, 4) is 5.75 Å². The van der Waals surface area contributed by atoms with E-state index >= 15 is 0 Å². The van der Waals surface area contributed by atoms with Gasteiger partial charge in [-0.15, -0.1) is 0 Å². The number of halogens is 1. The molecule has 3 aromatic rings. The van der Waals surface area contributed by atoms with Crippen LogP contribution in [0.5, 0.6) is 5.75 Å². The van der Waals surface area contributed by atoms with Crippen LogP contribution >= 0.6 is 11.6 Å². The minimum atomic E-state index is 0.367. The van der Waals surface area contributed by atoms with Gasteiger partial charge in [-0.1, -0.05) is 16.8 Å². The monoisotopic (exact) mass is 290 g/mol. The molecule has 4 rings (SSSR count). The Hall–Kier alpha value is -2.21. The normalized spacial score (nSPS) is 13.7. The summed E-state index contributed by atoms with van der Waals surface area (Å²) in [6.45, 7) is 1.25. The molecule has 0 saturated carbocycles. The molecule has 1 aromatic carbocycles. The van der Waals surface area contributed by atoms with Crippen molar-refractivity contribution in [3.05, 3.63) is 34.6 Å². The lowest BCUT2D eigenvalue weighted by Gasteiger charge is -2.08. The van der Waals surface area contributed by atoms with E-state index in [1.54, 1.807) is 17.1 Å². The lowest BCUT2D eigenvalue weighted by atomic mass is 10.0. The van der Waals surface area contributed by atoms with Gasteiger partial charge in [0.05, 0.1) is 24.4 Å². The number of ether oxygens (including phenoxy) is 1. The van der Waals surface area contributed by atoms with Gasteiger partial charge in [-0.25, -0.2) is 0 Å². The summed E-state index contributed by atoms with van der Waals surface area (Å²) in [5.41, 5.74) is 8.69. The third kappa shape index (κ3) is 1.65. The SMILES string of the molecule is Nc1noc2cc(Cn3cc(Cl)cn3)c3c(c12)OCC3. The molecule has 3 heterocycles. The zero-order valence-corrected chi connectivity index (χ0v) is 11.2. The summed E-state index contributed by atoms with van der Waals surface area (Å²) < 4.78 is 12.7. The van der Waals surface area contributed by atoms with E-state index in [0.717, 1.165) is 28.7 Å². The van der Waals surface area contributed by atoms with Gasteiger partial charge in [-0.2, -0.15) is 5.10 Å². The molecule has 0 aliphatic carbocycles. The number of hydrogen-bond donors (Lipinski definition) is 1. The molecule has 2 aromatic heterocycles. The number of fused-ring (bicyclic) bond motifs is 3. The second-order valence-electron chi connectivity index (χ2n) is 4.74. The fourth-order valence-corrected chi connectivity index (χ4v) is 2.77. The van der Waals surface area contributed by atoms with E-state index < -0.39 is 0 Å². The number of benzene rings is 1. The minimum absolute atomic E-state index is 0.367. The number of nitrogens with zero attached hydrogens (tertiary/aromatic N) is 3. The number of anilines is 1. The molecule has 1 aliphatic heterocycles. The van der Waals surface area contributed by atoms with E-state index in [0.29, 0.717) is 29.6 Å². The highest BCUT2D eigenvalue weighted by molar-refractivity contribution is 6.30. The molecule has 102 valence electrons.